The molecule has 13 nitrogen and oxygen atoms in total. The molecule has 8 fully saturated rings. The van der Waals surface area contributed by atoms with Crippen molar-refractivity contribution >= 4 is 0 Å². The Hall–Kier alpha value is -0.780. The molecule has 314 valence electrons. The fraction of sp³-hybridized carbons (Fsp3) is 0.952. The second-order valence-corrected chi connectivity index (χ2v) is 20.3. The zero-order chi connectivity index (χ0) is 39.6. The van der Waals surface area contributed by atoms with Crippen molar-refractivity contribution in [3.05, 3.63) is 11.6 Å². The summed E-state index contributed by atoms with van der Waals surface area (Å²) < 4.78 is 30.7. The molecule has 0 aromatic heterocycles. The fourth-order valence-corrected chi connectivity index (χ4v) is 14.6. The maximum atomic E-state index is 11.5. The minimum absolute atomic E-state index is 0.132. The second-order valence-electron chi connectivity index (χ2n) is 20.3. The lowest BCUT2D eigenvalue weighted by Crippen LogP contribution is -2.65. The van der Waals surface area contributed by atoms with Crippen molar-refractivity contribution in [3.8, 4) is 0 Å². The Morgan fingerprint density at radius 1 is 0.655 bits per heavy atom. The molecule has 2 spiro atoms. The number of ether oxygens (including phenoxy) is 5. The van der Waals surface area contributed by atoms with E-state index in [0.29, 0.717) is 24.4 Å². The van der Waals surface area contributed by atoms with E-state index in [9.17, 15) is 40.9 Å². The van der Waals surface area contributed by atoms with E-state index in [2.05, 4.69) is 47.6 Å². The van der Waals surface area contributed by atoms with E-state index in [1.165, 1.54) is 24.8 Å². The summed E-state index contributed by atoms with van der Waals surface area (Å²) >= 11 is 0. The van der Waals surface area contributed by atoms with Crippen LogP contribution in [0, 0.1) is 50.7 Å². The molecule has 5 saturated carbocycles. The van der Waals surface area contributed by atoms with Crippen LogP contribution in [0.5, 0.6) is 0 Å². The average Bonchev–Trinajstić information content (AvgIpc) is 3.57. The largest absolute Gasteiger partial charge is 0.394 e. The number of allylic oxidation sites excluding steroid dienone is 1. The normalized spacial score (nSPS) is 56.9. The monoisotopic (exact) mass is 780 g/mol. The molecule has 3 aliphatic heterocycles. The molecular weight excluding hydrogens is 712 g/mol. The van der Waals surface area contributed by atoms with E-state index in [-0.39, 0.29) is 45.2 Å². The lowest BCUT2D eigenvalue weighted by Gasteiger charge is -2.63. The summed E-state index contributed by atoms with van der Waals surface area (Å²) in [5, 5.41) is 84.9. The van der Waals surface area contributed by atoms with Crippen LogP contribution in [0.4, 0.5) is 0 Å². The molecule has 0 radical (unpaired) electrons. The fourth-order valence-electron chi connectivity index (χ4n) is 14.6. The predicted molar refractivity (Wildman–Crippen MR) is 197 cm³/mol. The minimum atomic E-state index is -1.73. The van der Waals surface area contributed by atoms with Crippen molar-refractivity contribution in [2.24, 2.45) is 50.7 Å². The van der Waals surface area contributed by atoms with Crippen LogP contribution in [-0.4, -0.2) is 140 Å². The van der Waals surface area contributed by atoms with Crippen molar-refractivity contribution in [3.63, 3.8) is 0 Å². The highest BCUT2D eigenvalue weighted by atomic mass is 16.8. The number of aliphatic hydroxyl groups is 8. The number of fused-ring (bicyclic) bond motifs is 2. The van der Waals surface area contributed by atoms with Gasteiger partial charge in [0.05, 0.1) is 32.0 Å². The summed E-state index contributed by atoms with van der Waals surface area (Å²) in [6.45, 7) is 13.2. The van der Waals surface area contributed by atoms with Crippen LogP contribution < -0.4 is 0 Å². The molecule has 3 saturated heterocycles. The van der Waals surface area contributed by atoms with Crippen LogP contribution in [-0.2, 0) is 23.7 Å². The molecular formula is C42H68O13. The van der Waals surface area contributed by atoms with Gasteiger partial charge in [0.25, 0.3) is 0 Å². The van der Waals surface area contributed by atoms with Gasteiger partial charge in [-0.1, -0.05) is 39.3 Å². The zero-order valence-electron chi connectivity index (χ0n) is 33.5. The van der Waals surface area contributed by atoms with Gasteiger partial charge >= 0.3 is 0 Å². The first-order chi connectivity index (χ1) is 25.9. The standard InChI is InChI=1S/C42H68O13/c1-20(2)15-23-29(45)21(18-51-23)22-9-11-40(6)27-8-7-26-38(3,4)28(10-12-41(26)19-42(27,41)14-13-39(22,40)5)54-37-35(33(49)31(47)25(17-44)53-37)55-36-34(50)32(48)30(46)24(16-43)52-36/h15,21-37,43-50H,7-14,16-19H2,1-6H3. The third kappa shape index (κ3) is 5.87. The van der Waals surface area contributed by atoms with Gasteiger partial charge in [-0.25, -0.2) is 0 Å². The molecule has 8 aliphatic rings. The Morgan fingerprint density at radius 3 is 1.96 bits per heavy atom. The molecule has 8 N–H and O–H groups in total. The van der Waals surface area contributed by atoms with Crippen LogP contribution >= 0.6 is 0 Å². The van der Waals surface area contributed by atoms with Crippen molar-refractivity contribution in [2.75, 3.05) is 19.8 Å². The van der Waals surface area contributed by atoms with E-state index >= 15 is 0 Å². The average molecular weight is 781 g/mol. The van der Waals surface area contributed by atoms with E-state index in [4.69, 9.17) is 23.7 Å². The van der Waals surface area contributed by atoms with Gasteiger partial charge in [0.2, 0.25) is 0 Å². The Morgan fingerprint density at radius 2 is 1.29 bits per heavy atom. The van der Waals surface area contributed by atoms with Gasteiger partial charge in [0.1, 0.15) is 54.9 Å². The van der Waals surface area contributed by atoms with Crippen LogP contribution in [0.2, 0.25) is 0 Å². The third-order valence-corrected chi connectivity index (χ3v) is 17.6. The molecule has 21 unspecified atom stereocenters. The van der Waals surface area contributed by atoms with E-state index in [1.54, 1.807) is 0 Å². The smallest absolute Gasteiger partial charge is 0.187 e. The highest BCUT2D eigenvalue weighted by Gasteiger charge is 2.82. The SMILES string of the molecule is CC(C)=CC1OCC(C2CCC3(C)C4CCC5C(C)(C)C(OC6OC(CO)C(O)C(O)C6OC6OC(CO)C(O)C(O)C6O)CCC56CC46CCC23C)C1O. The maximum absolute atomic E-state index is 11.5. The van der Waals surface area contributed by atoms with Gasteiger partial charge in [-0.2, -0.15) is 0 Å². The van der Waals surface area contributed by atoms with Crippen LogP contribution in [0.3, 0.4) is 0 Å². The van der Waals surface area contributed by atoms with Gasteiger partial charge in [-0.3, -0.25) is 0 Å². The van der Waals surface area contributed by atoms with E-state index in [0.717, 1.165) is 38.5 Å². The Labute approximate surface area is 325 Å². The first kappa shape index (κ1) is 41.0. The first-order valence-corrected chi connectivity index (χ1v) is 21.1. The molecule has 0 amide bonds. The summed E-state index contributed by atoms with van der Waals surface area (Å²) in [5.41, 5.74) is 1.66. The first-order valence-electron chi connectivity index (χ1n) is 21.1. The number of hydrogen-bond donors (Lipinski definition) is 8. The van der Waals surface area contributed by atoms with Crippen molar-refractivity contribution < 1.29 is 64.5 Å². The van der Waals surface area contributed by atoms with Crippen LogP contribution in [0.15, 0.2) is 11.6 Å². The molecule has 3 heterocycles. The van der Waals surface area contributed by atoms with Gasteiger partial charge in [0.15, 0.2) is 12.6 Å². The molecule has 8 rings (SSSR count). The summed E-state index contributed by atoms with van der Waals surface area (Å²) in [6.07, 6.45) is -3.84. The Balaban J connectivity index is 1.000. The van der Waals surface area contributed by atoms with Crippen molar-refractivity contribution in [1.29, 1.82) is 0 Å². The summed E-state index contributed by atoms with van der Waals surface area (Å²) in [7, 11) is 0. The highest BCUT2D eigenvalue weighted by Crippen LogP contribution is 2.89. The zero-order valence-corrected chi connectivity index (χ0v) is 33.5. The molecule has 55 heavy (non-hydrogen) atoms. The van der Waals surface area contributed by atoms with Gasteiger partial charge in [-0.05, 0) is 116 Å². The lowest BCUT2D eigenvalue weighted by atomic mass is 9.41. The number of aliphatic hydroxyl groups excluding tert-OH is 8. The molecule has 0 bridgehead atoms. The van der Waals surface area contributed by atoms with Gasteiger partial charge < -0.3 is 64.5 Å². The Bertz CT molecular complexity index is 1450. The van der Waals surface area contributed by atoms with E-state index < -0.39 is 80.7 Å². The number of hydrogen-bond acceptors (Lipinski definition) is 13. The van der Waals surface area contributed by atoms with Crippen molar-refractivity contribution in [2.45, 2.75) is 179 Å². The Kier molecular flexibility index (Phi) is 10.6. The quantitative estimate of drug-likeness (QED) is 0.131. The molecule has 0 aromatic carbocycles. The summed E-state index contributed by atoms with van der Waals surface area (Å²) in [5.74, 6) is 1.57. The molecule has 21 atom stereocenters. The minimum Gasteiger partial charge on any atom is -0.394 e. The predicted octanol–water partition coefficient (Wildman–Crippen LogP) is 1.78. The van der Waals surface area contributed by atoms with Gasteiger partial charge in [-0.15, -0.1) is 0 Å². The summed E-state index contributed by atoms with van der Waals surface area (Å²) in [4.78, 5) is 0. The summed E-state index contributed by atoms with van der Waals surface area (Å²) in [6, 6.07) is 0. The lowest BCUT2D eigenvalue weighted by molar-refractivity contribution is -0.377. The van der Waals surface area contributed by atoms with Crippen LogP contribution in [0.1, 0.15) is 99.3 Å². The van der Waals surface area contributed by atoms with Crippen LogP contribution in [0.25, 0.3) is 0 Å². The number of rotatable bonds is 8. The molecule has 13 heteroatoms. The third-order valence-electron chi connectivity index (χ3n) is 17.6. The van der Waals surface area contributed by atoms with Crippen molar-refractivity contribution in [1.82, 2.24) is 0 Å². The topological polar surface area (TPSA) is 208 Å². The molecule has 5 aliphatic carbocycles. The second kappa shape index (κ2) is 14.2. The maximum Gasteiger partial charge on any atom is 0.187 e. The van der Waals surface area contributed by atoms with Gasteiger partial charge in [0, 0.05) is 5.92 Å². The molecule has 0 aromatic rings. The van der Waals surface area contributed by atoms with E-state index in [1.807, 2.05) is 0 Å². The highest BCUT2D eigenvalue weighted by molar-refractivity contribution is 5.31.